The van der Waals surface area contributed by atoms with Gasteiger partial charge < -0.3 is 24.9 Å². The molecule has 0 heterocycles. The third-order valence-electron chi connectivity index (χ3n) is 0.859. The van der Waals surface area contributed by atoms with Crippen LogP contribution in [0.4, 0.5) is 0 Å². The van der Waals surface area contributed by atoms with Crippen LogP contribution in [0.25, 0.3) is 0 Å². The Morgan fingerprint density at radius 2 is 1.69 bits per heavy atom. The number of hydrogen-bond acceptors (Lipinski definition) is 2. The molecule has 0 aromatic carbocycles. The summed E-state index contributed by atoms with van der Waals surface area (Å²) < 4.78 is 8.88. The van der Waals surface area contributed by atoms with Crippen molar-refractivity contribution in [1.29, 1.82) is 0 Å². The molecule has 0 atom stereocenters. The number of aliphatic imine (C=N–C) groups is 1. The van der Waals surface area contributed by atoms with Crippen molar-refractivity contribution in [1.82, 2.24) is 10.2 Å². The Hall–Kier alpha value is -0.620. The van der Waals surface area contributed by atoms with E-state index in [1.807, 2.05) is 26.0 Å². The summed E-state index contributed by atoms with van der Waals surface area (Å²) in [5.41, 5.74) is 0. The molecule has 80 valence electrons. The molecule has 0 fully saturated rings. The van der Waals surface area contributed by atoms with Crippen molar-refractivity contribution in [3.05, 3.63) is 0 Å². The molecular weight excluding hydrogens is 197 g/mol. The molecule has 0 radical (unpaired) electrons. The summed E-state index contributed by atoms with van der Waals surface area (Å²) in [5, 5.41) is 2.93. The van der Waals surface area contributed by atoms with Crippen LogP contribution < -0.4 is 5.32 Å². The predicted molar refractivity (Wildman–Crippen MR) is 50.4 cm³/mol. The monoisotopic (exact) mass is 213 g/mol. The predicted octanol–water partition coefficient (Wildman–Crippen LogP) is -1.18. The smallest absolute Gasteiger partial charge is 0.359 e. The number of nitrogens with zero attached hydrogens (tertiary/aromatic N) is 2. The lowest BCUT2D eigenvalue weighted by molar-refractivity contribution is 0.275. The van der Waals surface area contributed by atoms with E-state index in [2.05, 4.69) is 10.3 Å². The molecule has 0 saturated carbocycles. The van der Waals surface area contributed by atoms with Gasteiger partial charge in [-0.05, 0) is 0 Å². The Labute approximate surface area is 77.3 Å². The SMILES string of the molecule is CN=C(NC)N(C)C.O=P(O)(O)O. The normalized spacial score (nSPS) is 11.5. The van der Waals surface area contributed by atoms with Crippen LogP contribution >= 0.6 is 7.82 Å². The van der Waals surface area contributed by atoms with Gasteiger partial charge in [-0.15, -0.1) is 0 Å². The summed E-state index contributed by atoms with van der Waals surface area (Å²) in [5.74, 6) is 0.894. The molecule has 0 rings (SSSR count). The Balaban J connectivity index is 0. The Morgan fingerprint density at radius 1 is 1.38 bits per heavy atom. The van der Waals surface area contributed by atoms with Crippen molar-refractivity contribution < 1.29 is 19.2 Å². The van der Waals surface area contributed by atoms with E-state index in [1.165, 1.54) is 0 Å². The van der Waals surface area contributed by atoms with E-state index in [0.29, 0.717) is 0 Å². The van der Waals surface area contributed by atoms with Crippen LogP contribution in [0.15, 0.2) is 4.99 Å². The summed E-state index contributed by atoms with van der Waals surface area (Å²) in [6.45, 7) is 0. The Kier molecular flexibility index (Phi) is 7.84. The van der Waals surface area contributed by atoms with Crippen LogP contribution in [-0.4, -0.2) is 53.7 Å². The fourth-order valence-electron chi connectivity index (χ4n) is 0.535. The van der Waals surface area contributed by atoms with Gasteiger partial charge in [0.15, 0.2) is 5.96 Å². The Bertz CT molecular complexity index is 192. The first-order valence-corrected chi connectivity index (χ1v) is 4.89. The second-order valence-corrected chi connectivity index (χ2v) is 3.23. The standard InChI is InChI=1S/C5H13N3.H3O4P/c1-6-5(7-2)8(3)4;1-5(2,3)4/h1-4H3,(H,6,7);(H3,1,2,3,4). The highest BCUT2D eigenvalue weighted by atomic mass is 31.2. The zero-order chi connectivity index (χ0) is 11.1. The second-order valence-electron chi connectivity index (χ2n) is 2.20. The maximum Gasteiger partial charge on any atom is 0.466 e. The Morgan fingerprint density at radius 3 is 1.69 bits per heavy atom. The molecule has 0 unspecified atom stereocenters. The summed E-state index contributed by atoms with van der Waals surface area (Å²) in [7, 11) is 2.85. The summed E-state index contributed by atoms with van der Waals surface area (Å²) >= 11 is 0. The van der Waals surface area contributed by atoms with Crippen molar-refractivity contribution in [3.8, 4) is 0 Å². The number of phosphoric acid groups is 1. The first kappa shape index (κ1) is 14.9. The van der Waals surface area contributed by atoms with Gasteiger partial charge in [0.25, 0.3) is 0 Å². The maximum atomic E-state index is 8.88. The van der Waals surface area contributed by atoms with Gasteiger partial charge in [0.05, 0.1) is 0 Å². The molecule has 0 spiro atoms. The number of nitrogens with one attached hydrogen (secondary N) is 1. The molecule has 13 heavy (non-hydrogen) atoms. The zero-order valence-electron chi connectivity index (χ0n) is 8.09. The van der Waals surface area contributed by atoms with Gasteiger partial charge in [-0.25, -0.2) is 4.57 Å². The van der Waals surface area contributed by atoms with Gasteiger partial charge in [0.1, 0.15) is 0 Å². The molecule has 0 aliphatic carbocycles. The van der Waals surface area contributed by atoms with E-state index in [4.69, 9.17) is 19.2 Å². The molecule has 0 aromatic rings. The first-order chi connectivity index (χ1) is 5.72. The molecule has 7 nitrogen and oxygen atoms in total. The van der Waals surface area contributed by atoms with Crippen LogP contribution in [0.1, 0.15) is 0 Å². The average Bonchev–Trinajstić information content (AvgIpc) is 1.85. The minimum Gasteiger partial charge on any atom is -0.359 e. The molecule has 8 heteroatoms. The van der Waals surface area contributed by atoms with Gasteiger partial charge in [-0.2, -0.15) is 0 Å². The molecule has 0 bridgehead atoms. The van der Waals surface area contributed by atoms with Gasteiger partial charge in [0.2, 0.25) is 0 Å². The van der Waals surface area contributed by atoms with Crippen LogP contribution in [0, 0.1) is 0 Å². The zero-order valence-corrected chi connectivity index (χ0v) is 8.99. The molecule has 0 aliphatic rings. The van der Waals surface area contributed by atoms with Crippen molar-refractivity contribution >= 4 is 13.8 Å². The van der Waals surface area contributed by atoms with Crippen LogP contribution in [0.2, 0.25) is 0 Å². The van der Waals surface area contributed by atoms with E-state index in [9.17, 15) is 0 Å². The lowest BCUT2D eigenvalue weighted by Crippen LogP contribution is -2.33. The number of hydrogen-bond donors (Lipinski definition) is 4. The van der Waals surface area contributed by atoms with Crippen molar-refractivity contribution in [2.75, 3.05) is 28.2 Å². The fraction of sp³-hybridized carbons (Fsp3) is 0.800. The summed E-state index contributed by atoms with van der Waals surface area (Å²) in [4.78, 5) is 27.4. The lowest BCUT2D eigenvalue weighted by atomic mass is 10.8. The van der Waals surface area contributed by atoms with Gasteiger partial charge in [0, 0.05) is 28.2 Å². The van der Waals surface area contributed by atoms with E-state index >= 15 is 0 Å². The van der Waals surface area contributed by atoms with E-state index in [0.717, 1.165) is 5.96 Å². The molecular formula is C5H16N3O4P. The average molecular weight is 213 g/mol. The second kappa shape index (κ2) is 6.85. The topological polar surface area (TPSA) is 105 Å². The van der Waals surface area contributed by atoms with E-state index in [1.54, 1.807) is 7.05 Å². The lowest BCUT2D eigenvalue weighted by Gasteiger charge is -2.12. The quantitative estimate of drug-likeness (QED) is 0.229. The molecule has 0 amide bonds. The third kappa shape index (κ3) is 18.4. The minimum atomic E-state index is -4.64. The molecule has 0 aromatic heterocycles. The summed E-state index contributed by atoms with van der Waals surface area (Å²) in [6, 6.07) is 0. The highest BCUT2D eigenvalue weighted by Crippen LogP contribution is 2.25. The van der Waals surface area contributed by atoms with Gasteiger partial charge in [-0.1, -0.05) is 0 Å². The third-order valence-corrected chi connectivity index (χ3v) is 0.859. The van der Waals surface area contributed by atoms with Crippen LogP contribution in [0.5, 0.6) is 0 Å². The summed E-state index contributed by atoms with van der Waals surface area (Å²) in [6.07, 6.45) is 0. The minimum absolute atomic E-state index is 0.894. The fourth-order valence-corrected chi connectivity index (χ4v) is 0.535. The van der Waals surface area contributed by atoms with Crippen LogP contribution in [-0.2, 0) is 4.57 Å². The maximum absolute atomic E-state index is 8.88. The van der Waals surface area contributed by atoms with E-state index < -0.39 is 7.82 Å². The number of guanidine groups is 1. The largest absolute Gasteiger partial charge is 0.466 e. The van der Waals surface area contributed by atoms with Gasteiger partial charge in [-0.3, -0.25) is 4.99 Å². The van der Waals surface area contributed by atoms with Crippen LogP contribution in [0.3, 0.4) is 0 Å². The number of rotatable bonds is 0. The van der Waals surface area contributed by atoms with Gasteiger partial charge >= 0.3 is 7.82 Å². The highest BCUT2D eigenvalue weighted by molar-refractivity contribution is 7.45. The molecule has 0 aliphatic heterocycles. The first-order valence-electron chi connectivity index (χ1n) is 3.32. The van der Waals surface area contributed by atoms with Crippen molar-refractivity contribution in [2.45, 2.75) is 0 Å². The highest BCUT2D eigenvalue weighted by Gasteiger charge is 2.00. The van der Waals surface area contributed by atoms with E-state index in [-0.39, 0.29) is 0 Å². The van der Waals surface area contributed by atoms with Crippen molar-refractivity contribution in [2.24, 2.45) is 4.99 Å². The molecule has 4 N–H and O–H groups in total. The van der Waals surface area contributed by atoms with Crippen molar-refractivity contribution in [3.63, 3.8) is 0 Å². The molecule has 0 saturated heterocycles.